The molecule has 1 saturated carbocycles. The van der Waals surface area contributed by atoms with Gasteiger partial charge in [0, 0.05) is 24.6 Å². The Bertz CT molecular complexity index is 646. The maximum atomic E-state index is 12.0. The van der Waals surface area contributed by atoms with Crippen LogP contribution in [0.3, 0.4) is 0 Å². The van der Waals surface area contributed by atoms with Crippen LogP contribution >= 0.6 is 0 Å². The van der Waals surface area contributed by atoms with E-state index in [1.54, 1.807) is 0 Å². The van der Waals surface area contributed by atoms with Crippen LogP contribution < -0.4 is 10.6 Å². The van der Waals surface area contributed by atoms with Gasteiger partial charge in [-0.05, 0) is 44.2 Å². The fourth-order valence-corrected chi connectivity index (χ4v) is 3.35. The smallest absolute Gasteiger partial charge is 0.306 e. The molecule has 1 aromatic rings. The molecule has 0 bridgehead atoms. The largest absolute Gasteiger partial charge is 0.456 e. The molecule has 27 heavy (non-hydrogen) atoms. The van der Waals surface area contributed by atoms with Crippen LogP contribution in [0.1, 0.15) is 62.5 Å². The number of ether oxygens (including phenoxy) is 1. The molecule has 0 radical (unpaired) electrons. The number of rotatable bonds is 8. The predicted octanol–water partition coefficient (Wildman–Crippen LogP) is 3.40. The summed E-state index contributed by atoms with van der Waals surface area (Å²) in [5.41, 5.74) is 2.66. The highest BCUT2D eigenvalue weighted by Gasteiger charge is 2.16. The van der Waals surface area contributed by atoms with Crippen molar-refractivity contribution in [1.29, 1.82) is 0 Å². The Balaban J connectivity index is 1.61. The SMILES string of the molecule is Cc1cccc(C)c1NC(=O)COC(=O)CCCC(=O)NC1CCCCC1. The monoisotopic (exact) mass is 374 g/mol. The van der Waals surface area contributed by atoms with Gasteiger partial charge in [-0.15, -0.1) is 0 Å². The van der Waals surface area contributed by atoms with E-state index < -0.39 is 5.97 Å². The molecular weight excluding hydrogens is 344 g/mol. The van der Waals surface area contributed by atoms with Gasteiger partial charge in [0.25, 0.3) is 5.91 Å². The zero-order valence-corrected chi connectivity index (χ0v) is 16.3. The Morgan fingerprint density at radius 2 is 1.67 bits per heavy atom. The van der Waals surface area contributed by atoms with Gasteiger partial charge >= 0.3 is 5.97 Å². The number of hydrogen-bond donors (Lipinski definition) is 2. The average molecular weight is 374 g/mol. The van der Waals surface area contributed by atoms with Gasteiger partial charge in [-0.1, -0.05) is 37.5 Å². The Kier molecular flexibility index (Phi) is 8.30. The van der Waals surface area contributed by atoms with Crippen LogP contribution in [0.15, 0.2) is 18.2 Å². The van der Waals surface area contributed by atoms with E-state index in [9.17, 15) is 14.4 Å². The number of amides is 2. The van der Waals surface area contributed by atoms with Crippen LogP contribution in [0.4, 0.5) is 5.69 Å². The van der Waals surface area contributed by atoms with E-state index in [-0.39, 0.29) is 30.9 Å². The average Bonchev–Trinajstić information content (AvgIpc) is 2.64. The molecule has 1 aliphatic carbocycles. The van der Waals surface area contributed by atoms with Gasteiger partial charge in [-0.3, -0.25) is 14.4 Å². The first-order valence-electron chi connectivity index (χ1n) is 9.77. The third kappa shape index (κ3) is 7.41. The minimum absolute atomic E-state index is 0.0116. The number of carbonyl (C=O) groups is 3. The highest BCUT2D eigenvalue weighted by atomic mass is 16.5. The van der Waals surface area contributed by atoms with Crippen LogP contribution in [0, 0.1) is 13.8 Å². The fourth-order valence-electron chi connectivity index (χ4n) is 3.35. The number of hydrogen-bond acceptors (Lipinski definition) is 4. The molecule has 1 fully saturated rings. The van der Waals surface area contributed by atoms with Crippen molar-refractivity contribution < 1.29 is 19.1 Å². The molecule has 0 unspecified atom stereocenters. The minimum atomic E-state index is -0.461. The first kappa shape index (κ1) is 20.9. The molecule has 1 aliphatic rings. The summed E-state index contributed by atoms with van der Waals surface area (Å²) in [6, 6.07) is 6.02. The lowest BCUT2D eigenvalue weighted by molar-refractivity contribution is -0.147. The summed E-state index contributed by atoms with van der Waals surface area (Å²) < 4.78 is 5.00. The van der Waals surface area contributed by atoms with Gasteiger partial charge < -0.3 is 15.4 Å². The second-order valence-electron chi connectivity index (χ2n) is 7.23. The number of aryl methyl sites for hydroxylation is 2. The lowest BCUT2D eigenvalue weighted by atomic mass is 9.95. The van der Waals surface area contributed by atoms with Crippen molar-refractivity contribution >= 4 is 23.5 Å². The van der Waals surface area contributed by atoms with E-state index in [4.69, 9.17) is 4.74 Å². The summed E-state index contributed by atoms with van der Waals surface area (Å²) >= 11 is 0. The Hall–Kier alpha value is -2.37. The van der Waals surface area contributed by atoms with E-state index in [2.05, 4.69) is 10.6 Å². The topological polar surface area (TPSA) is 84.5 Å². The summed E-state index contributed by atoms with van der Waals surface area (Å²) in [5.74, 6) is -0.838. The van der Waals surface area contributed by atoms with Gasteiger partial charge in [0.1, 0.15) is 0 Å². The van der Waals surface area contributed by atoms with Gasteiger partial charge in [0.2, 0.25) is 5.91 Å². The fraction of sp³-hybridized carbons (Fsp3) is 0.571. The first-order valence-corrected chi connectivity index (χ1v) is 9.77. The summed E-state index contributed by atoms with van der Waals surface area (Å²) in [4.78, 5) is 35.6. The first-order chi connectivity index (χ1) is 13.0. The quantitative estimate of drug-likeness (QED) is 0.683. The summed E-state index contributed by atoms with van der Waals surface area (Å²) in [6.45, 7) is 3.50. The standard InChI is InChI=1S/C21H30N2O4/c1-15-8-6-9-16(2)21(15)23-19(25)14-27-20(26)13-7-12-18(24)22-17-10-4-3-5-11-17/h6,8-9,17H,3-5,7,10-14H2,1-2H3,(H,22,24)(H,23,25). The number of anilines is 1. The molecule has 0 heterocycles. The molecule has 0 atom stereocenters. The number of nitrogens with one attached hydrogen (secondary N) is 2. The summed E-state index contributed by atoms with van der Waals surface area (Å²) in [6.07, 6.45) is 6.54. The molecular formula is C21H30N2O4. The number of benzene rings is 1. The zero-order chi connectivity index (χ0) is 19.6. The molecule has 0 saturated heterocycles. The molecule has 6 nitrogen and oxygen atoms in total. The highest BCUT2D eigenvalue weighted by Crippen LogP contribution is 2.19. The summed E-state index contributed by atoms with van der Waals surface area (Å²) in [5, 5.41) is 5.80. The van der Waals surface area contributed by atoms with Crippen molar-refractivity contribution in [3.8, 4) is 0 Å². The van der Waals surface area contributed by atoms with Crippen LogP contribution in [-0.2, 0) is 19.1 Å². The van der Waals surface area contributed by atoms with E-state index in [0.29, 0.717) is 12.8 Å². The predicted molar refractivity (Wildman–Crippen MR) is 104 cm³/mol. The third-order valence-corrected chi connectivity index (χ3v) is 4.86. The summed E-state index contributed by atoms with van der Waals surface area (Å²) in [7, 11) is 0. The second-order valence-corrected chi connectivity index (χ2v) is 7.23. The van der Waals surface area contributed by atoms with Gasteiger partial charge in [-0.2, -0.15) is 0 Å². The molecule has 2 amide bonds. The molecule has 2 N–H and O–H groups in total. The van der Waals surface area contributed by atoms with E-state index in [0.717, 1.165) is 29.7 Å². The Labute approximate surface area is 161 Å². The van der Waals surface area contributed by atoms with Crippen LogP contribution in [0.2, 0.25) is 0 Å². The molecule has 6 heteroatoms. The third-order valence-electron chi connectivity index (χ3n) is 4.86. The zero-order valence-electron chi connectivity index (χ0n) is 16.3. The molecule has 0 aromatic heterocycles. The Morgan fingerprint density at radius 1 is 1.00 bits per heavy atom. The van der Waals surface area contributed by atoms with Crippen molar-refractivity contribution in [3.05, 3.63) is 29.3 Å². The lowest BCUT2D eigenvalue weighted by Crippen LogP contribution is -2.36. The van der Waals surface area contributed by atoms with Crippen molar-refractivity contribution in [1.82, 2.24) is 5.32 Å². The van der Waals surface area contributed by atoms with Crippen LogP contribution in [-0.4, -0.2) is 30.4 Å². The second kappa shape index (κ2) is 10.7. The molecule has 0 spiro atoms. The maximum absolute atomic E-state index is 12.0. The number of para-hydroxylation sites is 1. The number of carbonyl (C=O) groups excluding carboxylic acids is 3. The molecule has 148 valence electrons. The Morgan fingerprint density at radius 3 is 2.33 bits per heavy atom. The molecule has 0 aliphatic heterocycles. The van der Waals surface area contributed by atoms with Crippen LogP contribution in [0.25, 0.3) is 0 Å². The molecule has 1 aromatic carbocycles. The molecule has 2 rings (SSSR count). The van der Waals surface area contributed by atoms with Gasteiger partial charge in [0.05, 0.1) is 0 Å². The highest BCUT2D eigenvalue weighted by molar-refractivity contribution is 5.94. The van der Waals surface area contributed by atoms with E-state index in [1.165, 1.54) is 19.3 Å². The van der Waals surface area contributed by atoms with Gasteiger partial charge in [0.15, 0.2) is 6.61 Å². The normalized spacial score (nSPS) is 14.4. The van der Waals surface area contributed by atoms with Gasteiger partial charge in [-0.25, -0.2) is 0 Å². The lowest BCUT2D eigenvalue weighted by Gasteiger charge is -2.22. The van der Waals surface area contributed by atoms with E-state index >= 15 is 0 Å². The van der Waals surface area contributed by atoms with Crippen molar-refractivity contribution in [2.45, 2.75) is 71.3 Å². The van der Waals surface area contributed by atoms with Crippen LogP contribution in [0.5, 0.6) is 0 Å². The van der Waals surface area contributed by atoms with Crippen molar-refractivity contribution in [2.24, 2.45) is 0 Å². The maximum Gasteiger partial charge on any atom is 0.306 e. The number of esters is 1. The van der Waals surface area contributed by atoms with Crippen molar-refractivity contribution in [3.63, 3.8) is 0 Å². The van der Waals surface area contributed by atoms with Crippen molar-refractivity contribution in [2.75, 3.05) is 11.9 Å². The minimum Gasteiger partial charge on any atom is -0.456 e. The van der Waals surface area contributed by atoms with E-state index in [1.807, 2.05) is 32.0 Å².